The number of likely N-dealkylation sites (N-methyl/N-ethyl adjacent to an activating group) is 2. The van der Waals surface area contributed by atoms with Crippen LogP contribution in [0.15, 0.2) is 129 Å². The van der Waals surface area contributed by atoms with Gasteiger partial charge in [0.25, 0.3) is 0 Å². The molecule has 6 aromatic rings. The molecule has 0 aromatic carbocycles. The molecule has 11 rings (SSSR count). The van der Waals surface area contributed by atoms with Crippen molar-refractivity contribution in [3.8, 4) is 29.2 Å². The minimum absolute atomic E-state index is 0.0399. The van der Waals surface area contributed by atoms with Crippen molar-refractivity contribution in [1.29, 1.82) is 0 Å². The van der Waals surface area contributed by atoms with E-state index in [1.807, 2.05) is 183 Å². The van der Waals surface area contributed by atoms with Crippen molar-refractivity contribution in [2.75, 3.05) is 253 Å². The summed E-state index contributed by atoms with van der Waals surface area (Å²) < 4.78 is 106. The van der Waals surface area contributed by atoms with E-state index in [-0.39, 0.29) is 61.4 Å². The van der Waals surface area contributed by atoms with Crippen molar-refractivity contribution in [1.82, 2.24) is 73.8 Å². The average molecular weight is 2120 g/mol. The molecule has 0 bridgehead atoms. The third kappa shape index (κ3) is 94.0. The molecular weight excluding hydrogens is 1920 g/mol. The molecule has 0 N–H and O–H groups in total. The molecule has 0 saturated carbocycles. The number of pyridine rings is 4. The second-order valence-electron chi connectivity index (χ2n) is 39.2. The molecule has 0 unspecified atom stereocenters. The fraction of sp³-hybridized carbons (Fsp3) is 0.737. The van der Waals surface area contributed by atoms with Crippen LogP contribution in [0.4, 0.5) is 0 Å². The Kier molecular flexibility index (Phi) is 93.5. The second-order valence-corrected chi connectivity index (χ2v) is 39.2. The van der Waals surface area contributed by atoms with E-state index in [0.29, 0.717) is 121 Å². The van der Waals surface area contributed by atoms with Crippen LogP contribution in [-0.2, 0) is 112 Å². The van der Waals surface area contributed by atoms with Crippen molar-refractivity contribution in [2.24, 2.45) is 7.05 Å². The Balaban J connectivity index is 0. The normalized spacial score (nSPS) is 14.4. The average Bonchev–Trinajstić information content (AvgIpc) is 0.929. The largest absolute Gasteiger partial charge is 0.491 e. The minimum atomic E-state index is -0.312. The van der Waals surface area contributed by atoms with Gasteiger partial charge in [-0.1, -0.05) is 17.9 Å². The van der Waals surface area contributed by atoms with E-state index in [1.165, 1.54) is 78.1 Å². The Labute approximate surface area is 907 Å². The molecule has 5 aliphatic heterocycles. The zero-order valence-corrected chi connectivity index (χ0v) is 99.2. The van der Waals surface area contributed by atoms with E-state index in [4.69, 9.17) is 90.0 Å². The van der Waals surface area contributed by atoms with Gasteiger partial charge in [-0.3, -0.25) is 39.5 Å². The lowest BCUT2D eigenvalue weighted by molar-refractivity contribution is -0.151. The number of rotatable bonds is 50. The van der Waals surface area contributed by atoms with Crippen LogP contribution in [0.2, 0.25) is 0 Å². The third-order valence-corrected chi connectivity index (χ3v) is 20.4. The van der Waals surface area contributed by atoms with Gasteiger partial charge < -0.3 is 109 Å². The molecular formula is C114H207N15O21. The summed E-state index contributed by atoms with van der Waals surface area (Å²) in [6.45, 7) is 82.5. The number of hydrogen-bond donors (Lipinski definition) is 0. The van der Waals surface area contributed by atoms with Crippen molar-refractivity contribution in [2.45, 2.75) is 297 Å². The first kappa shape index (κ1) is 144. The van der Waals surface area contributed by atoms with Gasteiger partial charge in [-0.05, 0) is 255 Å². The summed E-state index contributed by atoms with van der Waals surface area (Å²) in [6.07, 6.45) is 23.1. The Hall–Kier alpha value is -7.60. The number of aryl methyl sites for hydroxylation is 1. The highest BCUT2D eigenvalue weighted by atomic mass is 16.6. The standard InChI is InChI=1S/C12H24N2O2.2C10H22N2O.C10H22O4.C9H19NO2.C9H13NO.C8H14N2O.C8H12N2O.3C8H11NO.C8H14O2.C6H12O3/c1-11(2)16-8-7-13-3-5-14(6-4-13)12-9-15-10-12;1-9(2)13-6-5-12-7-10(8-12)11(3)4;1-10(2)13-9-8-12-6-4-11(3)5-7-12;1-10(2)14-9-8-13-7-6-12-5-4-11-3;1-8(2)12-5-4-10-6-9(7-10)11-3;1-8(2)11-7-9-3-5-10-6-4-9;1-7(2)11-6-8-9-4-5-10(8)3;1-7(2)11-6-8-9-4-3-5-10-8;1-7(2)10-8-3-5-9-6-4-8;1-7(2)10-8-4-3-5-9-6-8;1-7(2)10-8-5-3-4-6-9-8;1-8(2)10-7-5-4-6-9-3;1-5(2)9-6(7)4-8-3/h11-12H,3-10H2,1-2H3;9-10H,5-8H2,1-4H3;10H,4-9H2,1-3H3;10H,4-9H2,1-3H3;8-9H,4-7H2,1-3H3;3-6,8H,7H2,1-2H3;4-5,7H,6H2,1-3H3;3-5,7H,6H2,1-2H3;3*3-7H,1-2H3;8H,6-7H2,1-3H3;5H,4H2,1-3H3. The van der Waals surface area contributed by atoms with Crippen LogP contribution in [0.5, 0.6) is 17.4 Å². The number of hydrogen-bond acceptors (Lipinski definition) is 35. The lowest BCUT2D eigenvalue weighted by Crippen LogP contribution is -2.57. The Morgan fingerprint density at radius 1 is 0.387 bits per heavy atom. The third-order valence-electron chi connectivity index (χ3n) is 20.4. The van der Waals surface area contributed by atoms with Crippen molar-refractivity contribution in [3.63, 3.8) is 0 Å². The van der Waals surface area contributed by atoms with Crippen molar-refractivity contribution in [3.05, 3.63) is 146 Å². The summed E-state index contributed by atoms with van der Waals surface area (Å²) in [7, 11) is 14.9. The number of nitrogens with zero attached hydrogens (tertiary/aromatic N) is 15. The molecule has 864 valence electrons. The second kappa shape index (κ2) is 97.1. The number of likely N-dealkylation sites (tertiary alicyclic amines) is 2. The van der Waals surface area contributed by atoms with E-state index in [9.17, 15) is 4.79 Å². The number of carbonyl (C=O) groups excluding carboxylic acids is 1. The molecule has 6 aromatic heterocycles. The highest BCUT2D eigenvalue weighted by Gasteiger charge is 2.30. The predicted octanol–water partition coefficient (Wildman–Crippen LogP) is 15.6. The van der Waals surface area contributed by atoms with Crippen LogP contribution in [0, 0.1) is 11.8 Å². The Bertz CT molecular complexity index is 3760. The summed E-state index contributed by atoms with van der Waals surface area (Å²) in [5.41, 5.74) is 1.17. The number of aromatic nitrogens is 8. The number of carbonyl (C=O) groups is 1. The zero-order valence-electron chi connectivity index (χ0n) is 99.2. The Morgan fingerprint density at radius 3 is 1.27 bits per heavy atom. The molecule has 0 radical (unpaired) electrons. The first-order valence-corrected chi connectivity index (χ1v) is 53.8. The lowest BCUT2D eigenvalue weighted by Gasteiger charge is -2.42. The molecule has 0 aliphatic carbocycles. The molecule has 5 saturated heterocycles. The molecule has 150 heavy (non-hydrogen) atoms. The highest BCUT2D eigenvalue weighted by Crippen LogP contribution is 2.17. The monoisotopic (exact) mass is 2120 g/mol. The molecule has 0 atom stereocenters. The van der Waals surface area contributed by atoms with E-state index in [2.05, 4.69) is 162 Å². The molecule has 5 fully saturated rings. The number of methoxy groups -OCH3 is 4. The maximum Gasteiger partial charge on any atom is 0.332 e. The van der Waals surface area contributed by atoms with Gasteiger partial charge in [0.1, 0.15) is 50.4 Å². The fourth-order valence-corrected chi connectivity index (χ4v) is 12.2. The summed E-state index contributed by atoms with van der Waals surface area (Å²) >= 11 is 0. The smallest absolute Gasteiger partial charge is 0.332 e. The molecule has 0 spiro atoms. The van der Waals surface area contributed by atoms with E-state index in [1.54, 1.807) is 103 Å². The van der Waals surface area contributed by atoms with Crippen LogP contribution in [0.25, 0.3) is 0 Å². The zero-order chi connectivity index (χ0) is 112. The first-order chi connectivity index (χ1) is 71.6. The van der Waals surface area contributed by atoms with Gasteiger partial charge in [-0.25, -0.2) is 24.7 Å². The van der Waals surface area contributed by atoms with Crippen molar-refractivity contribution < 1.29 is 99.5 Å². The van der Waals surface area contributed by atoms with E-state index >= 15 is 0 Å². The molecule has 11 heterocycles. The number of ether oxygens (including phenoxy) is 20. The van der Waals surface area contributed by atoms with Crippen LogP contribution in [-0.4, -0.2) is 431 Å². The maximum absolute atomic E-state index is 10.5. The van der Waals surface area contributed by atoms with Gasteiger partial charge in [-0.2, -0.15) is 0 Å². The summed E-state index contributed by atoms with van der Waals surface area (Å²) in [4.78, 5) is 55.3. The number of esters is 1. The van der Waals surface area contributed by atoms with Gasteiger partial charge in [0.2, 0.25) is 5.88 Å². The van der Waals surface area contributed by atoms with E-state index in [0.717, 1.165) is 108 Å². The minimum Gasteiger partial charge on any atom is -0.491 e. The maximum atomic E-state index is 10.5. The van der Waals surface area contributed by atoms with Gasteiger partial charge in [-0.15, -0.1) is 0 Å². The summed E-state index contributed by atoms with van der Waals surface area (Å²) in [5, 5.41) is 0. The van der Waals surface area contributed by atoms with Gasteiger partial charge in [0.15, 0.2) is 5.82 Å². The number of piperazine rings is 2. The number of imidazole rings is 1. The van der Waals surface area contributed by atoms with Crippen molar-refractivity contribution >= 4 is 5.97 Å². The molecule has 5 aliphatic rings. The van der Waals surface area contributed by atoms with Crippen LogP contribution < -0.4 is 14.2 Å². The Morgan fingerprint density at radius 2 is 0.840 bits per heavy atom. The predicted molar refractivity (Wildman–Crippen MR) is 600 cm³/mol. The van der Waals surface area contributed by atoms with Gasteiger partial charge in [0.05, 0.1) is 184 Å². The first-order valence-electron chi connectivity index (χ1n) is 53.8. The topological polar surface area (TPSA) is 320 Å². The quantitative estimate of drug-likeness (QED) is 0.0194. The van der Waals surface area contributed by atoms with Crippen LogP contribution in [0.3, 0.4) is 0 Å². The molecule has 36 heteroatoms. The van der Waals surface area contributed by atoms with Gasteiger partial charge >= 0.3 is 5.97 Å². The SMILES string of the molecule is CC(C)OCCN1CC(N(C)C)C1.CC(C)OCCN1CCN(C)CC1.CC(C)OCCN1CCN(C2COC2)CC1.CC(C)OCc1ccncc1.CC(C)OCc1ncccn1.CC(C)OCc1nccn1C.CC(C)Oc1ccccn1.CC(C)Oc1cccnc1.CC(C)Oc1ccncc1.COC1CN(CCOC(C)C)C1.COCC#CCOC(C)C.COCC(=O)OC(C)C.COCCOCCOCCOC(C)C. The fourth-order valence-electron chi connectivity index (χ4n) is 12.2. The molecule has 36 nitrogen and oxygen atoms in total. The van der Waals surface area contributed by atoms with E-state index < -0.39 is 0 Å². The highest BCUT2D eigenvalue weighted by molar-refractivity contribution is 5.70. The molecule has 0 amide bonds. The van der Waals surface area contributed by atoms with Crippen LogP contribution in [0.1, 0.15) is 197 Å². The van der Waals surface area contributed by atoms with Crippen LogP contribution >= 0.6 is 0 Å². The lowest BCUT2D eigenvalue weighted by atomic mass is 10.1. The summed E-state index contributed by atoms with van der Waals surface area (Å²) in [5.74, 6) is 9.41. The van der Waals surface area contributed by atoms with Gasteiger partial charge in [0, 0.05) is 214 Å². The summed E-state index contributed by atoms with van der Waals surface area (Å²) in [6, 6.07) is 20.2.